The molecule has 0 spiro atoms. The van der Waals surface area contributed by atoms with E-state index >= 15 is 0 Å². The maximum absolute atomic E-state index is 8.96. The van der Waals surface area contributed by atoms with Gasteiger partial charge in [-0.2, -0.15) is 0 Å². The van der Waals surface area contributed by atoms with Gasteiger partial charge in [0.1, 0.15) is 6.73 Å². The summed E-state index contributed by atoms with van der Waals surface area (Å²) >= 11 is 0. The van der Waals surface area contributed by atoms with Crippen LogP contribution in [0.15, 0.2) is 30.3 Å². The number of hydrogen-bond donors (Lipinski definition) is 1. The number of benzene rings is 1. The lowest BCUT2D eigenvalue weighted by atomic mass is 10.1. The summed E-state index contributed by atoms with van der Waals surface area (Å²) in [6.45, 7) is -0.152. The monoisotopic (exact) mass is 232 g/mol. The number of unbranched alkanes of at least 4 members (excludes halogenated alkanes) is 1. The molecule has 0 aliphatic heterocycles. The van der Waals surface area contributed by atoms with Crippen molar-refractivity contribution in [1.29, 1.82) is 0 Å². The van der Waals surface area contributed by atoms with E-state index in [0.29, 0.717) is 0 Å². The van der Waals surface area contributed by atoms with Gasteiger partial charge in [-0.15, -0.1) is 5.10 Å². The molecule has 0 unspecified atom stereocenters. The van der Waals surface area contributed by atoms with Crippen LogP contribution < -0.4 is 0 Å². The normalized spacial score (nSPS) is 10.6. The maximum atomic E-state index is 8.96. The lowest BCUT2D eigenvalue weighted by molar-refractivity contribution is 0.188. The van der Waals surface area contributed by atoms with E-state index in [2.05, 4.69) is 39.8 Å². The van der Waals surface area contributed by atoms with E-state index in [1.807, 2.05) is 6.07 Å². The molecule has 2 rings (SSSR count). The van der Waals surface area contributed by atoms with Gasteiger partial charge in [-0.25, -0.2) is 4.68 Å². The number of tetrazole rings is 1. The van der Waals surface area contributed by atoms with E-state index in [1.54, 1.807) is 0 Å². The molecule has 0 saturated carbocycles. The van der Waals surface area contributed by atoms with Crippen LogP contribution >= 0.6 is 0 Å². The van der Waals surface area contributed by atoms with Gasteiger partial charge < -0.3 is 5.11 Å². The molecule has 5 heteroatoms. The molecule has 0 aliphatic rings. The highest BCUT2D eigenvalue weighted by atomic mass is 16.3. The molecule has 1 N–H and O–H groups in total. The fourth-order valence-electron chi connectivity index (χ4n) is 1.77. The van der Waals surface area contributed by atoms with Crippen molar-refractivity contribution in [1.82, 2.24) is 20.2 Å². The van der Waals surface area contributed by atoms with E-state index in [-0.39, 0.29) is 6.73 Å². The van der Waals surface area contributed by atoms with Gasteiger partial charge in [0.2, 0.25) is 0 Å². The molecule has 0 saturated heterocycles. The number of aliphatic hydroxyl groups excluding tert-OH is 1. The van der Waals surface area contributed by atoms with Crippen molar-refractivity contribution < 1.29 is 5.11 Å². The summed E-state index contributed by atoms with van der Waals surface area (Å²) in [4.78, 5) is 0. The first-order chi connectivity index (χ1) is 8.40. The van der Waals surface area contributed by atoms with Crippen LogP contribution in [-0.4, -0.2) is 25.3 Å². The number of aliphatic hydroxyl groups is 1. The molecule has 2 aromatic rings. The summed E-state index contributed by atoms with van der Waals surface area (Å²) in [5.74, 6) is 0.751. The zero-order chi connectivity index (χ0) is 11.9. The standard InChI is InChI=1S/C12H16N4O/c17-10-16-12(13-14-15-16)9-5-4-8-11-6-2-1-3-7-11/h1-3,6-7,17H,4-5,8-10H2. The van der Waals surface area contributed by atoms with Crippen molar-refractivity contribution in [2.24, 2.45) is 0 Å². The van der Waals surface area contributed by atoms with Gasteiger partial charge in [0.15, 0.2) is 5.82 Å². The van der Waals surface area contributed by atoms with Crippen LogP contribution in [0, 0.1) is 0 Å². The van der Waals surface area contributed by atoms with Crippen LogP contribution in [0.1, 0.15) is 24.2 Å². The fraction of sp³-hybridized carbons (Fsp3) is 0.417. The minimum Gasteiger partial charge on any atom is -0.374 e. The average Bonchev–Trinajstić information content (AvgIpc) is 2.83. The quantitative estimate of drug-likeness (QED) is 0.760. The molecule has 0 amide bonds. The molecule has 17 heavy (non-hydrogen) atoms. The van der Waals surface area contributed by atoms with Crippen molar-refractivity contribution >= 4 is 0 Å². The Hall–Kier alpha value is -1.75. The number of rotatable bonds is 6. The SMILES string of the molecule is OCn1nnnc1CCCCc1ccccc1. The molecular weight excluding hydrogens is 216 g/mol. The van der Waals surface area contributed by atoms with Crippen molar-refractivity contribution in [3.63, 3.8) is 0 Å². The van der Waals surface area contributed by atoms with Gasteiger partial charge in [-0.05, 0) is 35.3 Å². The predicted octanol–water partition coefficient (Wildman–Crippen LogP) is 1.19. The smallest absolute Gasteiger partial charge is 0.154 e. The highest BCUT2D eigenvalue weighted by Crippen LogP contribution is 2.07. The summed E-state index contributed by atoms with van der Waals surface area (Å²) in [7, 11) is 0. The van der Waals surface area contributed by atoms with E-state index in [0.717, 1.165) is 31.5 Å². The van der Waals surface area contributed by atoms with Gasteiger partial charge in [0, 0.05) is 6.42 Å². The summed E-state index contributed by atoms with van der Waals surface area (Å²) < 4.78 is 1.42. The third kappa shape index (κ3) is 3.35. The first kappa shape index (κ1) is 11.7. The predicted molar refractivity (Wildman–Crippen MR) is 63.1 cm³/mol. The second-order valence-corrected chi connectivity index (χ2v) is 3.93. The molecular formula is C12H16N4O. The highest BCUT2D eigenvalue weighted by molar-refractivity contribution is 5.14. The van der Waals surface area contributed by atoms with Crippen LogP contribution in [0.4, 0.5) is 0 Å². The van der Waals surface area contributed by atoms with Gasteiger partial charge in [0.25, 0.3) is 0 Å². The van der Waals surface area contributed by atoms with E-state index in [4.69, 9.17) is 5.11 Å². The Labute approximate surface area is 100 Å². The molecule has 0 radical (unpaired) electrons. The maximum Gasteiger partial charge on any atom is 0.154 e. The lowest BCUT2D eigenvalue weighted by Crippen LogP contribution is -2.05. The van der Waals surface area contributed by atoms with Gasteiger partial charge >= 0.3 is 0 Å². The van der Waals surface area contributed by atoms with Gasteiger partial charge in [0.05, 0.1) is 0 Å². The zero-order valence-corrected chi connectivity index (χ0v) is 9.66. The van der Waals surface area contributed by atoms with Gasteiger partial charge in [-0.1, -0.05) is 30.3 Å². The van der Waals surface area contributed by atoms with E-state index < -0.39 is 0 Å². The molecule has 0 fully saturated rings. The Morgan fingerprint density at radius 3 is 2.59 bits per heavy atom. The van der Waals surface area contributed by atoms with Crippen LogP contribution in [0.25, 0.3) is 0 Å². The van der Waals surface area contributed by atoms with E-state index in [1.165, 1.54) is 10.2 Å². The number of aromatic nitrogens is 4. The summed E-state index contributed by atoms with van der Waals surface area (Å²) in [6.07, 6.45) is 4.00. The largest absolute Gasteiger partial charge is 0.374 e. The molecule has 0 atom stereocenters. The Bertz CT molecular complexity index is 441. The zero-order valence-electron chi connectivity index (χ0n) is 9.66. The lowest BCUT2D eigenvalue weighted by Gasteiger charge is -2.02. The highest BCUT2D eigenvalue weighted by Gasteiger charge is 2.03. The summed E-state index contributed by atoms with van der Waals surface area (Å²) in [6, 6.07) is 10.4. The molecule has 0 aliphatic carbocycles. The molecule has 0 bridgehead atoms. The first-order valence-corrected chi connectivity index (χ1v) is 5.80. The molecule has 1 aromatic heterocycles. The minimum absolute atomic E-state index is 0.152. The number of hydrogen-bond acceptors (Lipinski definition) is 4. The van der Waals surface area contributed by atoms with Crippen LogP contribution in [0.2, 0.25) is 0 Å². The van der Waals surface area contributed by atoms with Crippen molar-refractivity contribution in [2.45, 2.75) is 32.4 Å². The Kier molecular flexibility index (Phi) is 4.21. The molecule has 1 heterocycles. The Morgan fingerprint density at radius 2 is 1.82 bits per heavy atom. The number of aryl methyl sites for hydroxylation is 2. The molecule has 90 valence electrons. The topological polar surface area (TPSA) is 63.8 Å². The Morgan fingerprint density at radius 1 is 1.06 bits per heavy atom. The van der Waals surface area contributed by atoms with Crippen LogP contribution in [-0.2, 0) is 19.6 Å². The van der Waals surface area contributed by atoms with Gasteiger partial charge in [-0.3, -0.25) is 0 Å². The summed E-state index contributed by atoms with van der Waals surface area (Å²) in [5.41, 5.74) is 1.36. The Balaban J connectivity index is 1.73. The van der Waals surface area contributed by atoms with Crippen molar-refractivity contribution in [3.8, 4) is 0 Å². The fourth-order valence-corrected chi connectivity index (χ4v) is 1.77. The minimum atomic E-state index is -0.152. The third-order valence-corrected chi connectivity index (χ3v) is 2.70. The van der Waals surface area contributed by atoms with E-state index in [9.17, 15) is 0 Å². The molecule has 1 aromatic carbocycles. The molecule has 5 nitrogen and oxygen atoms in total. The second kappa shape index (κ2) is 6.10. The number of nitrogens with zero attached hydrogens (tertiary/aromatic N) is 4. The third-order valence-electron chi connectivity index (χ3n) is 2.70. The second-order valence-electron chi connectivity index (χ2n) is 3.93. The average molecular weight is 232 g/mol. The summed E-state index contributed by atoms with van der Waals surface area (Å²) in [5, 5.41) is 20.0. The van der Waals surface area contributed by atoms with Crippen molar-refractivity contribution in [3.05, 3.63) is 41.7 Å². The van der Waals surface area contributed by atoms with Crippen molar-refractivity contribution in [2.75, 3.05) is 0 Å². The van der Waals surface area contributed by atoms with Crippen LogP contribution in [0.5, 0.6) is 0 Å². The first-order valence-electron chi connectivity index (χ1n) is 5.80. The van der Waals surface area contributed by atoms with Crippen LogP contribution in [0.3, 0.4) is 0 Å².